The fourth-order valence-electron chi connectivity index (χ4n) is 3.54. The van der Waals surface area contributed by atoms with Gasteiger partial charge in [-0.3, -0.25) is 4.68 Å². The van der Waals surface area contributed by atoms with Crippen LogP contribution in [0.25, 0.3) is 0 Å². The zero-order valence-corrected chi connectivity index (χ0v) is 11.6. The SMILES string of the molecule is OCC1(Cc2ccn(C3CCCCC3)n2)CCNC1. The van der Waals surface area contributed by atoms with Gasteiger partial charge in [0.2, 0.25) is 0 Å². The molecule has 1 atom stereocenters. The third kappa shape index (κ3) is 2.84. The van der Waals surface area contributed by atoms with Crippen LogP contribution in [0.3, 0.4) is 0 Å². The lowest BCUT2D eigenvalue weighted by atomic mass is 9.83. The van der Waals surface area contributed by atoms with E-state index in [0.29, 0.717) is 6.04 Å². The first-order valence-corrected chi connectivity index (χ1v) is 7.67. The van der Waals surface area contributed by atoms with Crippen LogP contribution in [0.15, 0.2) is 12.3 Å². The van der Waals surface area contributed by atoms with Crippen molar-refractivity contribution in [1.82, 2.24) is 15.1 Å². The molecule has 2 N–H and O–H groups in total. The minimum Gasteiger partial charge on any atom is -0.396 e. The van der Waals surface area contributed by atoms with Crippen LogP contribution in [0, 0.1) is 5.41 Å². The maximum atomic E-state index is 9.66. The van der Waals surface area contributed by atoms with Crippen molar-refractivity contribution in [2.75, 3.05) is 19.7 Å². The molecule has 1 saturated carbocycles. The molecule has 1 aromatic heterocycles. The van der Waals surface area contributed by atoms with Crippen molar-refractivity contribution >= 4 is 0 Å². The summed E-state index contributed by atoms with van der Waals surface area (Å²) in [6.07, 6.45) is 10.7. The maximum Gasteiger partial charge on any atom is 0.0631 e. The van der Waals surface area contributed by atoms with Gasteiger partial charge in [-0.05, 0) is 31.9 Å². The van der Waals surface area contributed by atoms with Crippen molar-refractivity contribution in [3.8, 4) is 0 Å². The first-order valence-electron chi connectivity index (χ1n) is 7.67. The largest absolute Gasteiger partial charge is 0.396 e. The van der Waals surface area contributed by atoms with Crippen LogP contribution in [0.2, 0.25) is 0 Å². The molecule has 0 bridgehead atoms. The van der Waals surface area contributed by atoms with E-state index in [4.69, 9.17) is 5.10 Å². The second-order valence-corrected chi connectivity index (χ2v) is 6.34. The predicted octanol–water partition coefficient (Wildman–Crippen LogP) is 1.90. The number of hydrogen-bond donors (Lipinski definition) is 2. The quantitative estimate of drug-likeness (QED) is 0.872. The topological polar surface area (TPSA) is 50.1 Å². The molecule has 2 fully saturated rings. The van der Waals surface area contributed by atoms with Crippen molar-refractivity contribution in [3.05, 3.63) is 18.0 Å². The molecule has 106 valence electrons. The number of aliphatic hydroxyl groups excluding tert-OH is 1. The number of rotatable bonds is 4. The Morgan fingerprint density at radius 3 is 2.89 bits per heavy atom. The molecule has 2 heterocycles. The van der Waals surface area contributed by atoms with Gasteiger partial charge in [-0.1, -0.05) is 19.3 Å². The molecule has 4 heteroatoms. The molecule has 1 saturated heterocycles. The minimum absolute atomic E-state index is 0.0196. The smallest absolute Gasteiger partial charge is 0.0631 e. The van der Waals surface area contributed by atoms with Crippen molar-refractivity contribution in [1.29, 1.82) is 0 Å². The highest BCUT2D eigenvalue weighted by Crippen LogP contribution is 2.31. The van der Waals surface area contributed by atoms with E-state index in [1.165, 1.54) is 32.1 Å². The number of aliphatic hydroxyl groups is 1. The van der Waals surface area contributed by atoms with Crippen LogP contribution < -0.4 is 5.32 Å². The predicted molar refractivity (Wildman–Crippen MR) is 75.1 cm³/mol. The Labute approximate surface area is 115 Å². The molecule has 1 aliphatic carbocycles. The second kappa shape index (κ2) is 5.63. The number of nitrogens with one attached hydrogen (secondary N) is 1. The van der Waals surface area contributed by atoms with E-state index < -0.39 is 0 Å². The van der Waals surface area contributed by atoms with E-state index in [0.717, 1.165) is 31.6 Å². The summed E-state index contributed by atoms with van der Waals surface area (Å²) in [4.78, 5) is 0. The lowest BCUT2D eigenvalue weighted by Crippen LogP contribution is -2.31. The average Bonchev–Trinajstić information content (AvgIpc) is 3.10. The van der Waals surface area contributed by atoms with E-state index in [2.05, 4.69) is 22.3 Å². The number of nitrogens with zero attached hydrogens (tertiary/aromatic N) is 2. The zero-order chi connectivity index (χ0) is 13.1. The van der Waals surface area contributed by atoms with Gasteiger partial charge in [0, 0.05) is 24.6 Å². The Morgan fingerprint density at radius 1 is 1.37 bits per heavy atom. The van der Waals surface area contributed by atoms with Gasteiger partial charge >= 0.3 is 0 Å². The normalized spacial score (nSPS) is 28.9. The van der Waals surface area contributed by atoms with E-state index in [9.17, 15) is 5.11 Å². The Bertz CT molecular complexity index is 403. The summed E-state index contributed by atoms with van der Waals surface area (Å²) in [5.41, 5.74) is 1.16. The molecule has 1 aliphatic heterocycles. The van der Waals surface area contributed by atoms with Gasteiger partial charge in [-0.15, -0.1) is 0 Å². The Balaban J connectivity index is 1.67. The monoisotopic (exact) mass is 263 g/mol. The Kier molecular flexibility index (Phi) is 3.89. The van der Waals surface area contributed by atoms with E-state index >= 15 is 0 Å². The van der Waals surface area contributed by atoms with E-state index in [-0.39, 0.29) is 12.0 Å². The maximum absolute atomic E-state index is 9.66. The highest BCUT2D eigenvalue weighted by Gasteiger charge is 2.34. The Morgan fingerprint density at radius 2 is 2.21 bits per heavy atom. The lowest BCUT2D eigenvalue weighted by molar-refractivity contribution is 0.141. The van der Waals surface area contributed by atoms with Gasteiger partial charge < -0.3 is 10.4 Å². The lowest BCUT2D eigenvalue weighted by Gasteiger charge is -2.25. The van der Waals surface area contributed by atoms with Crippen LogP contribution in [0.4, 0.5) is 0 Å². The molecule has 3 rings (SSSR count). The van der Waals surface area contributed by atoms with Crippen molar-refractivity contribution in [2.45, 2.75) is 51.0 Å². The van der Waals surface area contributed by atoms with Crippen LogP contribution in [-0.4, -0.2) is 34.6 Å². The molecule has 0 radical (unpaired) electrons. The molecule has 0 spiro atoms. The molecule has 2 aliphatic rings. The summed E-state index contributed by atoms with van der Waals surface area (Å²) in [6, 6.07) is 2.75. The summed E-state index contributed by atoms with van der Waals surface area (Å²) in [7, 11) is 0. The van der Waals surface area contributed by atoms with E-state index in [1.54, 1.807) is 0 Å². The van der Waals surface area contributed by atoms with Crippen molar-refractivity contribution in [3.63, 3.8) is 0 Å². The highest BCUT2D eigenvalue weighted by atomic mass is 16.3. The van der Waals surface area contributed by atoms with Crippen molar-refractivity contribution < 1.29 is 5.11 Å². The molecular formula is C15H25N3O. The van der Waals surface area contributed by atoms with Gasteiger partial charge in [-0.25, -0.2) is 0 Å². The van der Waals surface area contributed by atoms with Crippen LogP contribution in [0.1, 0.15) is 50.3 Å². The van der Waals surface area contributed by atoms with Gasteiger partial charge in [0.1, 0.15) is 0 Å². The molecule has 0 amide bonds. The molecule has 1 unspecified atom stereocenters. The summed E-state index contributed by atoms with van der Waals surface area (Å²) in [5, 5.41) is 17.8. The van der Waals surface area contributed by atoms with Gasteiger partial charge in [0.25, 0.3) is 0 Å². The standard InChI is InChI=1S/C15H25N3O/c19-12-15(7-8-16-11-15)10-13-6-9-18(17-13)14-4-2-1-3-5-14/h6,9,14,16,19H,1-5,7-8,10-12H2. The third-order valence-corrected chi connectivity index (χ3v) is 4.84. The first-order chi connectivity index (χ1) is 9.31. The van der Waals surface area contributed by atoms with Crippen LogP contribution in [0.5, 0.6) is 0 Å². The summed E-state index contributed by atoms with van der Waals surface area (Å²) in [5.74, 6) is 0. The van der Waals surface area contributed by atoms with E-state index in [1.807, 2.05) is 0 Å². The van der Waals surface area contributed by atoms with Crippen LogP contribution in [-0.2, 0) is 6.42 Å². The molecule has 19 heavy (non-hydrogen) atoms. The van der Waals surface area contributed by atoms with Gasteiger partial charge in [0.15, 0.2) is 0 Å². The Hall–Kier alpha value is -0.870. The fourth-order valence-corrected chi connectivity index (χ4v) is 3.54. The van der Waals surface area contributed by atoms with Crippen LogP contribution >= 0.6 is 0 Å². The molecular weight excluding hydrogens is 238 g/mol. The fraction of sp³-hybridized carbons (Fsp3) is 0.800. The minimum atomic E-state index is 0.0196. The number of hydrogen-bond acceptors (Lipinski definition) is 3. The molecule has 1 aromatic rings. The zero-order valence-electron chi connectivity index (χ0n) is 11.6. The average molecular weight is 263 g/mol. The highest BCUT2D eigenvalue weighted by molar-refractivity contribution is 5.06. The summed E-state index contributed by atoms with van der Waals surface area (Å²) in [6.45, 7) is 2.19. The van der Waals surface area contributed by atoms with Gasteiger partial charge in [-0.2, -0.15) is 5.10 Å². The summed E-state index contributed by atoms with van der Waals surface area (Å²) >= 11 is 0. The first kappa shape index (κ1) is 13.1. The second-order valence-electron chi connectivity index (χ2n) is 6.34. The molecule has 4 nitrogen and oxygen atoms in total. The third-order valence-electron chi connectivity index (χ3n) is 4.84. The van der Waals surface area contributed by atoms with Crippen molar-refractivity contribution in [2.24, 2.45) is 5.41 Å². The summed E-state index contributed by atoms with van der Waals surface area (Å²) < 4.78 is 2.17. The number of aromatic nitrogens is 2. The van der Waals surface area contributed by atoms with Gasteiger partial charge in [0.05, 0.1) is 18.3 Å². The molecule has 0 aromatic carbocycles.